The highest BCUT2D eigenvalue weighted by atomic mass is 19.1. The van der Waals surface area contributed by atoms with Crippen molar-refractivity contribution >= 4 is 11.9 Å². The number of halogens is 1. The van der Waals surface area contributed by atoms with Crippen LogP contribution in [0.25, 0.3) is 0 Å². The molecule has 1 atom stereocenters. The van der Waals surface area contributed by atoms with E-state index in [4.69, 9.17) is 0 Å². The third kappa shape index (κ3) is 4.21. The third-order valence-corrected chi connectivity index (χ3v) is 4.78. The van der Waals surface area contributed by atoms with Crippen molar-refractivity contribution in [2.75, 3.05) is 31.1 Å². The van der Waals surface area contributed by atoms with Gasteiger partial charge in [-0.15, -0.1) is 5.10 Å². The largest absolute Gasteiger partial charge is 0.386 e. The molecule has 0 aliphatic carbocycles. The molecule has 0 spiro atoms. The summed E-state index contributed by atoms with van der Waals surface area (Å²) < 4.78 is 15.1. The van der Waals surface area contributed by atoms with Gasteiger partial charge in [0.05, 0.1) is 12.7 Å². The van der Waals surface area contributed by atoms with Crippen molar-refractivity contribution in [3.05, 3.63) is 66.0 Å². The van der Waals surface area contributed by atoms with Gasteiger partial charge in [-0.25, -0.2) is 19.0 Å². The highest BCUT2D eigenvalue weighted by molar-refractivity contribution is 5.92. The monoisotopic (exact) mass is 397 g/mol. The number of hydrogen-bond donors (Lipinski definition) is 1. The second kappa shape index (κ2) is 8.31. The lowest BCUT2D eigenvalue weighted by Gasteiger charge is -2.34. The molecule has 1 amide bonds. The van der Waals surface area contributed by atoms with Crippen molar-refractivity contribution in [1.29, 1.82) is 0 Å². The molecule has 1 saturated heterocycles. The number of benzene rings is 1. The van der Waals surface area contributed by atoms with E-state index in [0.717, 1.165) is 0 Å². The molecule has 2 aromatic heterocycles. The van der Waals surface area contributed by atoms with Crippen LogP contribution in [0.1, 0.15) is 22.2 Å². The molecule has 3 aromatic rings. The molecular formula is C19H20FN7O2. The first kappa shape index (κ1) is 18.9. The molecule has 9 nitrogen and oxygen atoms in total. The standard InChI is InChI=1S/C19H20FN7O2/c20-15-5-2-1-4-14(15)17(28)13-27-12-16(23-24-27)18(29)25-8-10-26(11-9-25)19-21-6-3-7-22-19/h1-7,12,17,28H,8-11,13H2. The molecule has 1 aromatic carbocycles. The van der Waals surface area contributed by atoms with Crippen molar-refractivity contribution in [2.24, 2.45) is 0 Å². The molecule has 0 saturated carbocycles. The first-order valence-electron chi connectivity index (χ1n) is 9.25. The number of piperazine rings is 1. The van der Waals surface area contributed by atoms with Gasteiger partial charge in [-0.3, -0.25) is 4.79 Å². The minimum Gasteiger partial charge on any atom is -0.386 e. The Hall–Kier alpha value is -3.40. The number of nitrogens with zero attached hydrogens (tertiary/aromatic N) is 7. The van der Waals surface area contributed by atoms with Crippen LogP contribution in [0.15, 0.2) is 48.9 Å². The number of anilines is 1. The normalized spacial score (nSPS) is 15.4. The van der Waals surface area contributed by atoms with Crippen LogP contribution in [0, 0.1) is 5.82 Å². The zero-order valence-electron chi connectivity index (χ0n) is 15.6. The van der Waals surface area contributed by atoms with Gasteiger partial charge in [0, 0.05) is 44.1 Å². The van der Waals surface area contributed by atoms with Gasteiger partial charge < -0.3 is 14.9 Å². The molecule has 1 fully saturated rings. The summed E-state index contributed by atoms with van der Waals surface area (Å²) in [6.07, 6.45) is 3.76. The van der Waals surface area contributed by atoms with Crippen molar-refractivity contribution < 1.29 is 14.3 Å². The fourth-order valence-corrected chi connectivity index (χ4v) is 3.23. The minimum atomic E-state index is -1.09. The van der Waals surface area contributed by atoms with E-state index in [1.807, 2.05) is 4.90 Å². The number of hydrogen-bond acceptors (Lipinski definition) is 7. The fraction of sp³-hybridized carbons (Fsp3) is 0.316. The average molecular weight is 397 g/mol. The van der Waals surface area contributed by atoms with Gasteiger partial charge in [-0.05, 0) is 12.1 Å². The molecule has 3 heterocycles. The number of amides is 1. The topological polar surface area (TPSA) is 100 Å². The zero-order chi connectivity index (χ0) is 20.2. The highest BCUT2D eigenvalue weighted by Gasteiger charge is 2.25. The molecular weight excluding hydrogens is 377 g/mol. The molecule has 150 valence electrons. The number of aliphatic hydroxyl groups is 1. The Balaban J connectivity index is 1.36. The summed E-state index contributed by atoms with van der Waals surface area (Å²) in [7, 11) is 0. The van der Waals surface area contributed by atoms with Crippen molar-refractivity contribution in [3.8, 4) is 0 Å². The molecule has 29 heavy (non-hydrogen) atoms. The van der Waals surface area contributed by atoms with E-state index in [2.05, 4.69) is 20.3 Å². The number of carbonyl (C=O) groups excluding carboxylic acids is 1. The smallest absolute Gasteiger partial charge is 0.276 e. The van der Waals surface area contributed by atoms with Crippen LogP contribution < -0.4 is 4.90 Å². The van der Waals surface area contributed by atoms with Gasteiger partial charge >= 0.3 is 0 Å². The molecule has 1 N–H and O–H groups in total. The molecule has 10 heteroatoms. The number of aromatic nitrogens is 5. The first-order chi connectivity index (χ1) is 14.1. The van der Waals surface area contributed by atoms with Crippen LogP contribution in [0.3, 0.4) is 0 Å². The van der Waals surface area contributed by atoms with E-state index in [1.165, 1.54) is 23.0 Å². The lowest BCUT2D eigenvalue weighted by molar-refractivity contribution is 0.0740. The van der Waals surface area contributed by atoms with Crippen LogP contribution in [0.5, 0.6) is 0 Å². The van der Waals surface area contributed by atoms with Crippen molar-refractivity contribution in [1.82, 2.24) is 29.9 Å². The third-order valence-electron chi connectivity index (χ3n) is 4.78. The lowest BCUT2D eigenvalue weighted by atomic mass is 10.1. The molecule has 4 rings (SSSR count). The summed E-state index contributed by atoms with van der Waals surface area (Å²) in [6, 6.07) is 7.77. The molecule has 0 radical (unpaired) electrons. The Kier molecular flexibility index (Phi) is 5.43. The van der Waals surface area contributed by atoms with Crippen LogP contribution in [-0.2, 0) is 6.54 Å². The summed E-state index contributed by atoms with van der Waals surface area (Å²) in [4.78, 5) is 24.9. The van der Waals surface area contributed by atoms with Crippen LogP contribution in [0.4, 0.5) is 10.3 Å². The second-order valence-electron chi connectivity index (χ2n) is 6.69. The Morgan fingerprint density at radius 2 is 1.83 bits per heavy atom. The molecule has 1 aliphatic heterocycles. The lowest BCUT2D eigenvalue weighted by Crippen LogP contribution is -2.49. The average Bonchev–Trinajstić information content (AvgIpc) is 3.22. The summed E-state index contributed by atoms with van der Waals surface area (Å²) in [6.45, 7) is 2.27. The van der Waals surface area contributed by atoms with Gasteiger partial charge in [0.15, 0.2) is 5.69 Å². The van der Waals surface area contributed by atoms with E-state index < -0.39 is 11.9 Å². The van der Waals surface area contributed by atoms with E-state index in [-0.39, 0.29) is 23.7 Å². The molecule has 0 bridgehead atoms. The summed E-state index contributed by atoms with van der Waals surface area (Å²) in [5.74, 6) is -0.0744. The van der Waals surface area contributed by atoms with Crippen LogP contribution in [-0.4, -0.2) is 67.1 Å². The predicted octanol–water partition coefficient (Wildman–Crippen LogP) is 0.903. The fourth-order valence-electron chi connectivity index (χ4n) is 3.23. The van der Waals surface area contributed by atoms with E-state index in [9.17, 15) is 14.3 Å². The second-order valence-corrected chi connectivity index (χ2v) is 6.69. The van der Waals surface area contributed by atoms with E-state index in [1.54, 1.807) is 35.5 Å². The van der Waals surface area contributed by atoms with Gasteiger partial charge in [-0.1, -0.05) is 23.4 Å². The van der Waals surface area contributed by atoms with Crippen molar-refractivity contribution in [3.63, 3.8) is 0 Å². The van der Waals surface area contributed by atoms with Crippen LogP contribution in [0.2, 0.25) is 0 Å². The summed E-state index contributed by atoms with van der Waals surface area (Å²) >= 11 is 0. The summed E-state index contributed by atoms with van der Waals surface area (Å²) in [5.41, 5.74) is 0.366. The first-order valence-corrected chi connectivity index (χ1v) is 9.25. The Morgan fingerprint density at radius 3 is 2.55 bits per heavy atom. The SMILES string of the molecule is O=C(c1cn(CC(O)c2ccccc2F)nn1)N1CCN(c2ncccn2)CC1. The maximum Gasteiger partial charge on any atom is 0.276 e. The quantitative estimate of drug-likeness (QED) is 0.683. The van der Waals surface area contributed by atoms with E-state index >= 15 is 0 Å². The maximum atomic E-state index is 13.8. The Labute approximate surface area is 166 Å². The Morgan fingerprint density at radius 1 is 1.10 bits per heavy atom. The number of carbonyl (C=O) groups is 1. The number of rotatable bonds is 5. The highest BCUT2D eigenvalue weighted by Crippen LogP contribution is 2.18. The minimum absolute atomic E-state index is 0.000334. The molecule has 1 aliphatic rings. The van der Waals surface area contributed by atoms with Gasteiger partial charge in [0.2, 0.25) is 5.95 Å². The van der Waals surface area contributed by atoms with Gasteiger partial charge in [-0.2, -0.15) is 0 Å². The van der Waals surface area contributed by atoms with Gasteiger partial charge in [0.1, 0.15) is 11.9 Å². The molecule has 1 unspecified atom stereocenters. The number of aliphatic hydroxyl groups excluding tert-OH is 1. The van der Waals surface area contributed by atoms with Crippen molar-refractivity contribution in [2.45, 2.75) is 12.6 Å². The van der Waals surface area contributed by atoms with E-state index in [0.29, 0.717) is 32.1 Å². The summed E-state index contributed by atoms with van der Waals surface area (Å²) in [5, 5.41) is 18.1. The zero-order valence-corrected chi connectivity index (χ0v) is 15.6. The predicted molar refractivity (Wildman–Crippen MR) is 102 cm³/mol. The Bertz CT molecular complexity index is 973. The van der Waals surface area contributed by atoms with Crippen LogP contribution >= 0.6 is 0 Å². The van der Waals surface area contributed by atoms with Gasteiger partial charge in [0.25, 0.3) is 5.91 Å². The maximum absolute atomic E-state index is 13.8.